The van der Waals surface area contributed by atoms with Crippen molar-refractivity contribution in [2.24, 2.45) is 0 Å². The number of hydrogen-bond donors (Lipinski definition) is 2. The van der Waals surface area contributed by atoms with Gasteiger partial charge in [-0.3, -0.25) is 9.59 Å². The second kappa shape index (κ2) is 10.8. The lowest BCUT2D eigenvalue weighted by molar-refractivity contribution is -0.136. The molecule has 0 fully saturated rings. The second-order valence-corrected chi connectivity index (χ2v) is 5.54. The highest BCUT2D eigenvalue weighted by Crippen LogP contribution is 2.11. The number of amides is 2. The summed E-state index contributed by atoms with van der Waals surface area (Å²) in [7, 11) is 0. The number of rotatable bonds is 9. The predicted octanol–water partition coefficient (Wildman–Crippen LogP) is 2.43. The molecule has 5 heteroatoms. The van der Waals surface area contributed by atoms with E-state index in [9.17, 15) is 9.59 Å². The lowest BCUT2D eigenvalue weighted by Gasteiger charge is -2.17. The average Bonchev–Trinajstić information content (AvgIpc) is 2.58. The van der Waals surface area contributed by atoms with E-state index >= 15 is 0 Å². The van der Waals surface area contributed by atoms with E-state index in [0.29, 0.717) is 12.2 Å². The Kier molecular flexibility index (Phi) is 8.98. The first-order valence-electron chi connectivity index (χ1n) is 8.51. The minimum Gasteiger partial charge on any atom is -0.347 e. The van der Waals surface area contributed by atoms with Crippen LogP contribution in [0.2, 0.25) is 0 Å². The maximum atomic E-state index is 11.8. The predicted molar refractivity (Wildman–Crippen MR) is 94.5 cm³/mol. The summed E-state index contributed by atoms with van der Waals surface area (Å²) in [5.41, 5.74) is 1.89. The smallest absolute Gasteiger partial charge is 0.313 e. The topological polar surface area (TPSA) is 61.4 Å². The van der Waals surface area contributed by atoms with Crippen molar-refractivity contribution in [3.63, 3.8) is 0 Å². The number of anilines is 1. The fourth-order valence-electron chi connectivity index (χ4n) is 2.27. The quantitative estimate of drug-likeness (QED) is 0.687. The molecule has 0 saturated heterocycles. The number of aryl methyl sites for hydroxylation is 1. The van der Waals surface area contributed by atoms with Crippen LogP contribution >= 0.6 is 0 Å². The molecule has 1 aromatic rings. The Morgan fingerprint density at radius 1 is 1.00 bits per heavy atom. The number of benzene rings is 1. The molecule has 5 nitrogen and oxygen atoms in total. The van der Waals surface area contributed by atoms with E-state index in [1.165, 1.54) is 5.56 Å². The molecule has 1 rings (SSSR count). The second-order valence-electron chi connectivity index (χ2n) is 5.54. The molecule has 0 heterocycles. The highest BCUT2D eigenvalue weighted by molar-refractivity contribution is 6.39. The van der Waals surface area contributed by atoms with Gasteiger partial charge in [-0.05, 0) is 43.6 Å². The van der Waals surface area contributed by atoms with Crippen LogP contribution in [0.3, 0.4) is 0 Å². The SMILES string of the molecule is CCCCc1ccc(NC(=O)C(=O)NCCN(CC)CC)cc1. The molecule has 0 aliphatic heterocycles. The zero-order chi connectivity index (χ0) is 17.1. The van der Waals surface area contributed by atoms with Crippen molar-refractivity contribution in [1.29, 1.82) is 0 Å². The number of likely N-dealkylation sites (N-methyl/N-ethyl adjacent to an activating group) is 1. The first-order valence-corrected chi connectivity index (χ1v) is 8.51. The Hall–Kier alpha value is -1.88. The van der Waals surface area contributed by atoms with Crippen LogP contribution < -0.4 is 10.6 Å². The van der Waals surface area contributed by atoms with E-state index in [2.05, 4.69) is 36.3 Å². The highest BCUT2D eigenvalue weighted by atomic mass is 16.2. The normalized spacial score (nSPS) is 10.6. The van der Waals surface area contributed by atoms with Gasteiger partial charge in [0.2, 0.25) is 0 Å². The first kappa shape index (κ1) is 19.2. The van der Waals surface area contributed by atoms with E-state index in [4.69, 9.17) is 0 Å². The maximum absolute atomic E-state index is 11.8. The fourth-order valence-corrected chi connectivity index (χ4v) is 2.27. The fraction of sp³-hybridized carbons (Fsp3) is 0.556. The van der Waals surface area contributed by atoms with Gasteiger partial charge in [0.1, 0.15) is 0 Å². The molecule has 0 aliphatic carbocycles. The van der Waals surface area contributed by atoms with Crippen LogP contribution in [0.1, 0.15) is 39.2 Å². The molecule has 0 bridgehead atoms. The summed E-state index contributed by atoms with van der Waals surface area (Å²) in [5.74, 6) is -1.21. The molecule has 0 radical (unpaired) electrons. The Bertz CT molecular complexity index is 482. The molecule has 0 aliphatic rings. The largest absolute Gasteiger partial charge is 0.347 e. The van der Waals surface area contributed by atoms with Crippen molar-refractivity contribution in [1.82, 2.24) is 10.2 Å². The van der Waals surface area contributed by atoms with Crippen LogP contribution in [0.15, 0.2) is 24.3 Å². The van der Waals surface area contributed by atoms with E-state index in [1.807, 2.05) is 24.3 Å². The molecule has 0 spiro atoms. The molecular weight excluding hydrogens is 290 g/mol. The molecule has 0 aromatic heterocycles. The summed E-state index contributed by atoms with van der Waals surface area (Å²) >= 11 is 0. The Morgan fingerprint density at radius 3 is 2.22 bits per heavy atom. The summed E-state index contributed by atoms with van der Waals surface area (Å²) < 4.78 is 0. The molecule has 128 valence electrons. The highest BCUT2D eigenvalue weighted by Gasteiger charge is 2.13. The van der Waals surface area contributed by atoms with Gasteiger partial charge in [0.25, 0.3) is 0 Å². The maximum Gasteiger partial charge on any atom is 0.313 e. The van der Waals surface area contributed by atoms with Crippen LogP contribution in [0.25, 0.3) is 0 Å². The van der Waals surface area contributed by atoms with Crippen LogP contribution in [0.4, 0.5) is 5.69 Å². The number of nitrogens with zero attached hydrogens (tertiary/aromatic N) is 1. The monoisotopic (exact) mass is 319 g/mol. The Balaban J connectivity index is 2.38. The molecule has 2 N–H and O–H groups in total. The van der Waals surface area contributed by atoms with Crippen molar-refractivity contribution >= 4 is 17.5 Å². The van der Waals surface area contributed by atoms with Gasteiger partial charge in [0.15, 0.2) is 0 Å². The lowest BCUT2D eigenvalue weighted by atomic mass is 10.1. The third kappa shape index (κ3) is 7.28. The minimum atomic E-state index is -0.620. The summed E-state index contributed by atoms with van der Waals surface area (Å²) in [5, 5.41) is 5.27. The van der Waals surface area contributed by atoms with Crippen LogP contribution in [-0.2, 0) is 16.0 Å². The molecule has 1 aromatic carbocycles. The Labute approximate surface area is 139 Å². The van der Waals surface area contributed by atoms with Gasteiger partial charge in [-0.25, -0.2) is 0 Å². The number of carbonyl (C=O) groups excluding carboxylic acids is 2. The van der Waals surface area contributed by atoms with E-state index < -0.39 is 11.8 Å². The lowest BCUT2D eigenvalue weighted by Crippen LogP contribution is -2.40. The zero-order valence-electron chi connectivity index (χ0n) is 14.5. The van der Waals surface area contributed by atoms with E-state index in [0.717, 1.165) is 38.9 Å². The number of unbranched alkanes of at least 4 members (excludes halogenated alkanes) is 1. The van der Waals surface area contributed by atoms with Gasteiger partial charge in [0, 0.05) is 18.8 Å². The molecule has 2 amide bonds. The summed E-state index contributed by atoms with van der Waals surface area (Å²) in [4.78, 5) is 25.8. The van der Waals surface area contributed by atoms with Gasteiger partial charge in [0.05, 0.1) is 0 Å². The van der Waals surface area contributed by atoms with Crippen molar-refractivity contribution in [3.8, 4) is 0 Å². The summed E-state index contributed by atoms with van der Waals surface area (Å²) in [6.07, 6.45) is 3.35. The van der Waals surface area contributed by atoms with Crippen molar-refractivity contribution in [3.05, 3.63) is 29.8 Å². The number of carbonyl (C=O) groups is 2. The van der Waals surface area contributed by atoms with Gasteiger partial charge in [-0.15, -0.1) is 0 Å². The molecular formula is C18H29N3O2. The molecule has 0 saturated carbocycles. The van der Waals surface area contributed by atoms with Gasteiger partial charge in [-0.2, -0.15) is 0 Å². The standard InChI is InChI=1S/C18H29N3O2/c1-4-7-8-15-9-11-16(12-10-15)20-18(23)17(22)19-13-14-21(5-2)6-3/h9-12H,4-8,13-14H2,1-3H3,(H,19,22)(H,20,23). The van der Waals surface area contributed by atoms with E-state index in [-0.39, 0.29) is 0 Å². The first-order chi connectivity index (χ1) is 11.1. The van der Waals surface area contributed by atoms with Crippen LogP contribution in [-0.4, -0.2) is 42.9 Å². The minimum absolute atomic E-state index is 0.476. The molecule has 23 heavy (non-hydrogen) atoms. The average molecular weight is 319 g/mol. The Morgan fingerprint density at radius 2 is 1.65 bits per heavy atom. The number of hydrogen-bond acceptors (Lipinski definition) is 3. The van der Waals surface area contributed by atoms with Gasteiger partial charge in [-0.1, -0.05) is 39.3 Å². The molecule has 0 unspecified atom stereocenters. The summed E-state index contributed by atoms with van der Waals surface area (Å²) in [6.45, 7) is 9.39. The third-order valence-electron chi connectivity index (χ3n) is 3.85. The molecule has 0 atom stereocenters. The number of nitrogens with one attached hydrogen (secondary N) is 2. The van der Waals surface area contributed by atoms with Gasteiger partial charge >= 0.3 is 11.8 Å². The third-order valence-corrected chi connectivity index (χ3v) is 3.85. The van der Waals surface area contributed by atoms with Gasteiger partial charge < -0.3 is 15.5 Å². The summed E-state index contributed by atoms with van der Waals surface area (Å²) in [6, 6.07) is 7.66. The van der Waals surface area contributed by atoms with Crippen LogP contribution in [0.5, 0.6) is 0 Å². The van der Waals surface area contributed by atoms with Crippen molar-refractivity contribution < 1.29 is 9.59 Å². The zero-order valence-corrected chi connectivity index (χ0v) is 14.5. The van der Waals surface area contributed by atoms with E-state index in [1.54, 1.807) is 0 Å². The van der Waals surface area contributed by atoms with Crippen molar-refractivity contribution in [2.75, 3.05) is 31.5 Å². The van der Waals surface area contributed by atoms with Crippen molar-refractivity contribution in [2.45, 2.75) is 40.0 Å². The van der Waals surface area contributed by atoms with Crippen LogP contribution in [0, 0.1) is 0 Å².